The minimum absolute atomic E-state index is 0.242. The second-order valence-corrected chi connectivity index (χ2v) is 5.55. The second kappa shape index (κ2) is 14.0. The number of carbonyl (C=O) groups excluding carboxylic acids is 1. The van der Waals surface area contributed by atoms with Gasteiger partial charge in [-0.05, 0) is 25.5 Å². The van der Waals surface area contributed by atoms with Crippen LogP contribution in [0.2, 0.25) is 0 Å². The number of esters is 1. The maximum Gasteiger partial charge on any atom is 0.338 e. The highest BCUT2D eigenvalue weighted by Gasteiger charge is 2.05. The number of hydrogen-bond acceptors (Lipinski definition) is 5. The van der Waals surface area contributed by atoms with Crippen LogP contribution in [0.4, 0.5) is 0 Å². The summed E-state index contributed by atoms with van der Waals surface area (Å²) in [5.41, 5.74) is 0.550. The van der Waals surface area contributed by atoms with E-state index in [9.17, 15) is 4.79 Å². The van der Waals surface area contributed by atoms with E-state index in [1.165, 1.54) is 12.8 Å². The molecule has 0 spiro atoms. The van der Waals surface area contributed by atoms with Crippen LogP contribution in [0.1, 0.15) is 43.5 Å². The van der Waals surface area contributed by atoms with E-state index in [0.29, 0.717) is 44.7 Å². The fourth-order valence-corrected chi connectivity index (χ4v) is 2.06. The summed E-state index contributed by atoms with van der Waals surface area (Å²) in [4.78, 5) is 11.7. The molecule has 0 aliphatic rings. The van der Waals surface area contributed by atoms with Crippen molar-refractivity contribution >= 4 is 5.97 Å². The molecule has 5 heteroatoms. The molecule has 0 aliphatic carbocycles. The standard InChI is InChI=1S/C19H30O5/c1-3-4-8-17(2)23-15-13-21-11-12-22-14-16-24-19(20)18-9-6-5-7-10-18/h5-7,9-10,17H,3-4,8,11-16H2,1-2H3. The third-order valence-electron chi connectivity index (χ3n) is 3.44. The lowest BCUT2D eigenvalue weighted by atomic mass is 10.2. The summed E-state index contributed by atoms with van der Waals surface area (Å²) in [7, 11) is 0. The predicted molar refractivity (Wildman–Crippen MR) is 93.3 cm³/mol. The van der Waals surface area contributed by atoms with Crippen LogP contribution in [0, 0.1) is 0 Å². The Kier molecular flexibility index (Phi) is 12.0. The van der Waals surface area contributed by atoms with Crippen molar-refractivity contribution in [3.63, 3.8) is 0 Å². The first-order chi connectivity index (χ1) is 11.7. The molecule has 0 bridgehead atoms. The van der Waals surface area contributed by atoms with Gasteiger partial charge in [0, 0.05) is 0 Å². The van der Waals surface area contributed by atoms with Crippen molar-refractivity contribution in [1.29, 1.82) is 0 Å². The summed E-state index contributed by atoms with van der Waals surface area (Å²) in [6.45, 7) is 7.06. The Morgan fingerprint density at radius 2 is 1.58 bits per heavy atom. The summed E-state index contributed by atoms with van der Waals surface area (Å²) in [5, 5.41) is 0. The molecule has 0 saturated carbocycles. The Labute approximate surface area is 145 Å². The molecule has 136 valence electrons. The van der Waals surface area contributed by atoms with Crippen molar-refractivity contribution in [2.24, 2.45) is 0 Å². The first kappa shape index (κ1) is 20.6. The van der Waals surface area contributed by atoms with Gasteiger partial charge < -0.3 is 18.9 Å². The predicted octanol–water partition coefficient (Wildman–Crippen LogP) is 3.47. The first-order valence-electron chi connectivity index (χ1n) is 8.73. The largest absolute Gasteiger partial charge is 0.460 e. The van der Waals surface area contributed by atoms with Crippen LogP contribution in [-0.4, -0.2) is 51.7 Å². The normalized spacial score (nSPS) is 12.1. The maximum atomic E-state index is 11.7. The average molecular weight is 338 g/mol. The third kappa shape index (κ3) is 10.4. The number of carbonyl (C=O) groups is 1. The van der Waals surface area contributed by atoms with Crippen LogP contribution in [0.25, 0.3) is 0 Å². The zero-order valence-electron chi connectivity index (χ0n) is 14.9. The van der Waals surface area contributed by atoms with Crippen molar-refractivity contribution in [3.8, 4) is 0 Å². The third-order valence-corrected chi connectivity index (χ3v) is 3.44. The highest BCUT2D eigenvalue weighted by molar-refractivity contribution is 5.89. The van der Waals surface area contributed by atoms with Gasteiger partial charge in [-0.25, -0.2) is 4.79 Å². The topological polar surface area (TPSA) is 54.0 Å². The molecule has 0 fully saturated rings. The van der Waals surface area contributed by atoms with Crippen molar-refractivity contribution in [3.05, 3.63) is 35.9 Å². The first-order valence-corrected chi connectivity index (χ1v) is 8.73. The van der Waals surface area contributed by atoms with Crippen molar-refractivity contribution in [2.75, 3.05) is 39.6 Å². The van der Waals surface area contributed by atoms with Crippen molar-refractivity contribution in [1.82, 2.24) is 0 Å². The lowest BCUT2D eigenvalue weighted by Gasteiger charge is -2.12. The van der Waals surface area contributed by atoms with Gasteiger partial charge in [0.1, 0.15) is 6.61 Å². The van der Waals surface area contributed by atoms with E-state index in [-0.39, 0.29) is 12.6 Å². The summed E-state index contributed by atoms with van der Waals surface area (Å²) >= 11 is 0. The van der Waals surface area contributed by atoms with Gasteiger partial charge in [-0.3, -0.25) is 0 Å². The molecule has 1 rings (SSSR count). The Bertz CT molecular complexity index is 421. The van der Waals surface area contributed by atoms with E-state index in [1.54, 1.807) is 24.3 Å². The molecule has 0 saturated heterocycles. The van der Waals surface area contributed by atoms with E-state index in [1.807, 2.05) is 6.07 Å². The SMILES string of the molecule is CCCCC(C)OCCOCCOCCOC(=O)c1ccccc1. The van der Waals surface area contributed by atoms with Crippen LogP contribution < -0.4 is 0 Å². The highest BCUT2D eigenvalue weighted by Crippen LogP contribution is 2.03. The maximum absolute atomic E-state index is 11.7. The lowest BCUT2D eigenvalue weighted by molar-refractivity contribution is -0.0147. The molecule has 0 N–H and O–H groups in total. The zero-order valence-corrected chi connectivity index (χ0v) is 14.9. The van der Waals surface area contributed by atoms with E-state index < -0.39 is 0 Å². The van der Waals surface area contributed by atoms with Crippen LogP contribution in [0.15, 0.2) is 30.3 Å². The van der Waals surface area contributed by atoms with Gasteiger partial charge in [0.05, 0.1) is 44.7 Å². The molecule has 0 aromatic heterocycles. The molecule has 0 amide bonds. The van der Waals surface area contributed by atoms with Crippen molar-refractivity contribution in [2.45, 2.75) is 39.2 Å². The quantitative estimate of drug-likeness (QED) is 0.384. The van der Waals surface area contributed by atoms with E-state index in [4.69, 9.17) is 18.9 Å². The van der Waals surface area contributed by atoms with Gasteiger partial charge in [0.2, 0.25) is 0 Å². The van der Waals surface area contributed by atoms with Gasteiger partial charge in [-0.15, -0.1) is 0 Å². The average Bonchev–Trinajstić information content (AvgIpc) is 2.62. The van der Waals surface area contributed by atoms with Crippen LogP contribution in [0.5, 0.6) is 0 Å². The molecular formula is C19H30O5. The summed E-state index contributed by atoms with van der Waals surface area (Å²) in [6, 6.07) is 8.92. The van der Waals surface area contributed by atoms with Gasteiger partial charge >= 0.3 is 5.97 Å². The lowest BCUT2D eigenvalue weighted by Crippen LogP contribution is -2.16. The molecule has 24 heavy (non-hydrogen) atoms. The van der Waals surface area contributed by atoms with E-state index in [2.05, 4.69) is 13.8 Å². The molecule has 1 aromatic carbocycles. The summed E-state index contributed by atoms with van der Waals surface area (Å²) in [5.74, 6) is -0.329. The molecule has 5 nitrogen and oxygen atoms in total. The molecule has 0 aliphatic heterocycles. The van der Waals surface area contributed by atoms with Gasteiger partial charge in [-0.2, -0.15) is 0 Å². The number of unbranched alkanes of at least 4 members (excludes halogenated alkanes) is 1. The van der Waals surface area contributed by atoms with Crippen LogP contribution in [-0.2, 0) is 18.9 Å². The highest BCUT2D eigenvalue weighted by atomic mass is 16.6. The van der Waals surface area contributed by atoms with Crippen LogP contribution >= 0.6 is 0 Å². The monoisotopic (exact) mass is 338 g/mol. The Balaban J connectivity index is 1.86. The minimum Gasteiger partial charge on any atom is -0.460 e. The molecule has 0 radical (unpaired) electrons. The Morgan fingerprint density at radius 1 is 0.958 bits per heavy atom. The number of hydrogen-bond donors (Lipinski definition) is 0. The van der Waals surface area contributed by atoms with Gasteiger partial charge in [-0.1, -0.05) is 38.0 Å². The van der Waals surface area contributed by atoms with Gasteiger partial charge in [0.15, 0.2) is 0 Å². The molecule has 1 atom stereocenters. The van der Waals surface area contributed by atoms with E-state index in [0.717, 1.165) is 6.42 Å². The Hall–Kier alpha value is -1.43. The summed E-state index contributed by atoms with van der Waals surface area (Å²) < 4.78 is 21.5. The molecule has 0 heterocycles. The second-order valence-electron chi connectivity index (χ2n) is 5.55. The molecule has 1 aromatic rings. The van der Waals surface area contributed by atoms with Gasteiger partial charge in [0.25, 0.3) is 0 Å². The van der Waals surface area contributed by atoms with Crippen LogP contribution in [0.3, 0.4) is 0 Å². The Morgan fingerprint density at radius 3 is 2.25 bits per heavy atom. The zero-order chi connectivity index (χ0) is 17.5. The van der Waals surface area contributed by atoms with Crippen molar-refractivity contribution < 1.29 is 23.7 Å². The number of ether oxygens (including phenoxy) is 4. The molecular weight excluding hydrogens is 308 g/mol. The number of rotatable bonds is 14. The molecule has 1 unspecified atom stereocenters. The smallest absolute Gasteiger partial charge is 0.338 e. The summed E-state index contributed by atoms with van der Waals surface area (Å²) in [6.07, 6.45) is 3.79. The minimum atomic E-state index is -0.329. The fraction of sp³-hybridized carbons (Fsp3) is 0.632. The number of benzene rings is 1. The fourth-order valence-electron chi connectivity index (χ4n) is 2.06. The van der Waals surface area contributed by atoms with E-state index >= 15 is 0 Å².